The number of aromatic nitrogens is 2. The second-order valence-corrected chi connectivity index (χ2v) is 6.06. The number of ether oxygens (including phenoxy) is 1. The van der Waals surface area contributed by atoms with Crippen LogP contribution in [0.5, 0.6) is 0 Å². The summed E-state index contributed by atoms with van der Waals surface area (Å²) in [6.45, 7) is 2.32. The van der Waals surface area contributed by atoms with Crippen LogP contribution in [0.2, 0.25) is 0 Å². The molecule has 1 aliphatic carbocycles. The fraction of sp³-hybridized carbons (Fsp3) is 0.533. The fourth-order valence-corrected chi connectivity index (χ4v) is 3.13. The monoisotopic (exact) mass is 302 g/mol. The van der Waals surface area contributed by atoms with E-state index in [9.17, 15) is 10.1 Å². The Bertz CT molecular complexity index is 704. The average Bonchev–Trinajstić information content (AvgIpc) is 3.08. The SMILES string of the molecule is O=[N+]([O-])c1c(N(C[C@H]2CCOC2)C2CC2)nc2ccccn12. The standard InChI is InChI=1S/C15H18N4O3/c20-19(21)15-14(16-13-3-1-2-7-17(13)15)18(12-4-5-12)9-11-6-8-22-10-11/h1-3,7,11-12H,4-6,8-10H2/t11-/m1/s1. The first-order chi connectivity index (χ1) is 10.7. The van der Waals surface area contributed by atoms with Crippen LogP contribution >= 0.6 is 0 Å². The second-order valence-electron chi connectivity index (χ2n) is 6.06. The van der Waals surface area contributed by atoms with Gasteiger partial charge in [-0.15, -0.1) is 0 Å². The number of nitro groups is 1. The highest BCUT2D eigenvalue weighted by atomic mass is 16.6. The van der Waals surface area contributed by atoms with Gasteiger partial charge in [-0.05, 0) is 30.3 Å². The summed E-state index contributed by atoms with van der Waals surface area (Å²) in [7, 11) is 0. The number of imidazole rings is 1. The van der Waals surface area contributed by atoms with Gasteiger partial charge in [-0.3, -0.25) is 0 Å². The van der Waals surface area contributed by atoms with Gasteiger partial charge in [0.15, 0.2) is 0 Å². The number of hydrogen-bond acceptors (Lipinski definition) is 5. The molecule has 2 aromatic rings. The third-order valence-electron chi connectivity index (χ3n) is 4.40. The third kappa shape index (κ3) is 2.31. The maximum Gasteiger partial charge on any atom is 0.372 e. The molecule has 1 saturated carbocycles. The molecule has 0 aromatic carbocycles. The van der Waals surface area contributed by atoms with Gasteiger partial charge in [0.25, 0.3) is 0 Å². The van der Waals surface area contributed by atoms with Crippen molar-refractivity contribution >= 4 is 17.3 Å². The first-order valence-electron chi connectivity index (χ1n) is 7.70. The smallest absolute Gasteiger partial charge is 0.372 e. The van der Waals surface area contributed by atoms with Crippen LogP contribution in [-0.2, 0) is 4.74 Å². The van der Waals surface area contributed by atoms with Gasteiger partial charge in [-0.1, -0.05) is 6.07 Å². The van der Waals surface area contributed by atoms with Crippen molar-refractivity contribution in [1.29, 1.82) is 0 Å². The lowest BCUT2D eigenvalue weighted by molar-refractivity contribution is -0.389. The van der Waals surface area contributed by atoms with Gasteiger partial charge in [-0.25, -0.2) is 0 Å². The van der Waals surface area contributed by atoms with Crippen LogP contribution in [0, 0.1) is 16.0 Å². The number of nitrogens with zero attached hydrogens (tertiary/aromatic N) is 4. The van der Waals surface area contributed by atoms with Gasteiger partial charge < -0.3 is 19.8 Å². The molecule has 3 heterocycles. The van der Waals surface area contributed by atoms with Crippen molar-refractivity contribution in [2.45, 2.75) is 25.3 Å². The minimum Gasteiger partial charge on any atom is -0.381 e. The molecule has 1 atom stereocenters. The molecule has 1 saturated heterocycles. The Kier molecular flexibility index (Phi) is 3.22. The fourth-order valence-electron chi connectivity index (χ4n) is 3.13. The van der Waals surface area contributed by atoms with E-state index >= 15 is 0 Å². The van der Waals surface area contributed by atoms with Gasteiger partial charge in [0, 0.05) is 31.2 Å². The molecule has 2 aliphatic rings. The lowest BCUT2D eigenvalue weighted by Crippen LogP contribution is -2.32. The summed E-state index contributed by atoms with van der Waals surface area (Å²) in [6, 6.07) is 5.82. The summed E-state index contributed by atoms with van der Waals surface area (Å²) in [6.07, 6.45) is 4.88. The van der Waals surface area contributed by atoms with Gasteiger partial charge in [-0.2, -0.15) is 9.38 Å². The van der Waals surface area contributed by atoms with E-state index in [1.54, 1.807) is 22.7 Å². The number of hydrogen-bond donors (Lipinski definition) is 0. The van der Waals surface area contributed by atoms with Gasteiger partial charge >= 0.3 is 5.82 Å². The summed E-state index contributed by atoms with van der Waals surface area (Å²) in [5.41, 5.74) is 0.623. The van der Waals surface area contributed by atoms with Crippen LogP contribution in [0.1, 0.15) is 19.3 Å². The predicted molar refractivity (Wildman–Crippen MR) is 81.1 cm³/mol. The molecule has 116 valence electrons. The molecule has 0 radical (unpaired) electrons. The van der Waals surface area contributed by atoms with Crippen molar-refractivity contribution in [3.63, 3.8) is 0 Å². The lowest BCUT2D eigenvalue weighted by Gasteiger charge is -2.24. The van der Waals surface area contributed by atoms with Gasteiger partial charge in [0.2, 0.25) is 11.5 Å². The van der Waals surface area contributed by atoms with Crippen molar-refractivity contribution in [3.05, 3.63) is 34.5 Å². The van der Waals surface area contributed by atoms with E-state index in [2.05, 4.69) is 9.88 Å². The molecule has 22 heavy (non-hydrogen) atoms. The van der Waals surface area contributed by atoms with E-state index in [1.807, 2.05) is 6.07 Å². The molecule has 7 nitrogen and oxygen atoms in total. The normalized spacial score (nSPS) is 21.4. The number of pyridine rings is 1. The molecule has 4 rings (SSSR count). The minimum atomic E-state index is -0.324. The van der Waals surface area contributed by atoms with E-state index in [4.69, 9.17) is 4.74 Å². The largest absolute Gasteiger partial charge is 0.381 e. The summed E-state index contributed by atoms with van der Waals surface area (Å²) in [5.74, 6) is 1.01. The molecular weight excluding hydrogens is 284 g/mol. The van der Waals surface area contributed by atoms with Crippen molar-refractivity contribution in [2.75, 3.05) is 24.7 Å². The number of rotatable bonds is 5. The summed E-state index contributed by atoms with van der Waals surface area (Å²) in [4.78, 5) is 17.9. The van der Waals surface area contributed by atoms with E-state index in [-0.39, 0.29) is 10.7 Å². The highest BCUT2D eigenvalue weighted by Gasteiger charge is 2.37. The van der Waals surface area contributed by atoms with Crippen molar-refractivity contribution in [2.24, 2.45) is 5.92 Å². The van der Waals surface area contributed by atoms with Crippen molar-refractivity contribution in [1.82, 2.24) is 9.38 Å². The zero-order chi connectivity index (χ0) is 15.1. The van der Waals surface area contributed by atoms with Crippen LogP contribution in [0.15, 0.2) is 24.4 Å². The Hall–Kier alpha value is -2.15. The van der Waals surface area contributed by atoms with Gasteiger partial charge in [0.05, 0.1) is 12.8 Å². The quantitative estimate of drug-likeness (QED) is 0.625. The Morgan fingerprint density at radius 3 is 2.95 bits per heavy atom. The van der Waals surface area contributed by atoms with Crippen molar-refractivity contribution < 1.29 is 9.66 Å². The van der Waals surface area contributed by atoms with E-state index in [1.165, 1.54) is 0 Å². The molecule has 7 heteroatoms. The molecule has 1 aliphatic heterocycles. The lowest BCUT2D eigenvalue weighted by atomic mass is 10.1. The highest BCUT2D eigenvalue weighted by molar-refractivity contribution is 5.64. The molecule has 2 aromatic heterocycles. The van der Waals surface area contributed by atoms with Crippen LogP contribution in [0.3, 0.4) is 0 Å². The van der Waals surface area contributed by atoms with Crippen molar-refractivity contribution in [3.8, 4) is 0 Å². The molecule has 0 N–H and O–H groups in total. The average molecular weight is 302 g/mol. The Labute approximate surface area is 127 Å². The highest BCUT2D eigenvalue weighted by Crippen LogP contribution is 2.38. The molecular formula is C15H18N4O3. The molecule has 0 amide bonds. The molecule has 0 spiro atoms. The summed E-state index contributed by atoms with van der Waals surface area (Å²) in [5, 5.41) is 11.6. The van der Waals surface area contributed by atoms with Crippen LogP contribution in [0.4, 0.5) is 11.6 Å². The number of fused-ring (bicyclic) bond motifs is 1. The predicted octanol–water partition coefficient (Wildman–Crippen LogP) is 2.25. The molecule has 2 fully saturated rings. The Morgan fingerprint density at radius 1 is 1.41 bits per heavy atom. The van der Waals surface area contributed by atoms with Crippen LogP contribution < -0.4 is 4.90 Å². The van der Waals surface area contributed by atoms with E-state index < -0.39 is 0 Å². The zero-order valence-electron chi connectivity index (χ0n) is 12.2. The van der Waals surface area contributed by atoms with E-state index in [0.717, 1.165) is 39.0 Å². The second kappa shape index (κ2) is 5.24. The molecule has 0 unspecified atom stereocenters. The Morgan fingerprint density at radius 2 is 2.27 bits per heavy atom. The zero-order valence-corrected chi connectivity index (χ0v) is 12.2. The van der Waals surface area contributed by atoms with Gasteiger partial charge in [0.1, 0.15) is 0 Å². The maximum absolute atomic E-state index is 11.6. The molecule has 0 bridgehead atoms. The van der Waals surface area contributed by atoms with E-state index in [0.29, 0.717) is 23.4 Å². The summed E-state index contributed by atoms with van der Waals surface area (Å²) >= 11 is 0. The third-order valence-corrected chi connectivity index (χ3v) is 4.40. The topological polar surface area (TPSA) is 72.9 Å². The first-order valence-corrected chi connectivity index (χ1v) is 7.70. The van der Waals surface area contributed by atoms with Crippen LogP contribution in [-0.4, -0.2) is 40.1 Å². The first kappa shape index (κ1) is 13.5. The number of anilines is 1. The van der Waals surface area contributed by atoms with Crippen LogP contribution in [0.25, 0.3) is 5.65 Å². The summed E-state index contributed by atoms with van der Waals surface area (Å²) < 4.78 is 7.01. The Balaban J connectivity index is 1.76. The maximum atomic E-state index is 11.6. The minimum absolute atomic E-state index is 0.0708.